The minimum atomic E-state index is 0.316. The van der Waals surface area contributed by atoms with E-state index >= 15 is 0 Å². The first-order chi connectivity index (χ1) is 7.87. The van der Waals surface area contributed by atoms with Crippen molar-refractivity contribution in [1.82, 2.24) is 5.32 Å². The van der Waals surface area contributed by atoms with E-state index in [1.54, 1.807) is 0 Å². The molecule has 1 aliphatic heterocycles. The Morgan fingerprint density at radius 1 is 1.19 bits per heavy atom. The van der Waals surface area contributed by atoms with Crippen molar-refractivity contribution in [3.63, 3.8) is 0 Å². The highest BCUT2D eigenvalue weighted by Gasteiger charge is 2.34. The molecule has 0 aliphatic carbocycles. The zero-order valence-electron chi connectivity index (χ0n) is 9.78. The first-order valence-corrected chi connectivity index (χ1v) is 6.24. The lowest BCUT2D eigenvalue weighted by Crippen LogP contribution is -2.29. The average molecular weight is 219 g/mol. The summed E-state index contributed by atoms with van der Waals surface area (Å²) in [6.07, 6.45) is 4.45. The molecule has 1 heterocycles. The fourth-order valence-corrected chi connectivity index (χ4v) is 2.71. The van der Waals surface area contributed by atoms with Gasteiger partial charge in [0.1, 0.15) is 0 Å². The lowest BCUT2D eigenvalue weighted by molar-refractivity contribution is 0.274. The lowest BCUT2D eigenvalue weighted by atomic mass is 9.76. The zero-order chi connectivity index (χ0) is 11.3. The molecule has 2 heteroatoms. The van der Waals surface area contributed by atoms with Crippen LogP contribution in [-0.4, -0.2) is 24.8 Å². The standard InChI is InChI=1S/C14H21NO/c16-11-5-4-8-14(9-10-15-12-14)13-6-2-1-3-7-13/h1-3,6-7,15-16H,4-5,8-12H2. The van der Waals surface area contributed by atoms with Crippen LogP contribution in [0.15, 0.2) is 30.3 Å². The maximum atomic E-state index is 8.88. The van der Waals surface area contributed by atoms with E-state index in [0.717, 1.165) is 25.9 Å². The molecule has 0 bridgehead atoms. The van der Waals surface area contributed by atoms with Crippen LogP contribution in [-0.2, 0) is 5.41 Å². The number of hydrogen-bond donors (Lipinski definition) is 2. The van der Waals surface area contributed by atoms with E-state index in [9.17, 15) is 0 Å². The Morgan fingerprint density at radius 2 is 2.00 bits per heavy atom. The van der Waals surface area contributed by atoms with Crippen molar-refractivity contribution in [2.75, 3.05) is 19.7 Å². The van der Waals surface area contributed by atoms with Crippen molar-refractivity contribution in [2.24, 2.45) is 0 Å². The van der Waals surface area contributed by atoms with Gasteiger partial charge in [0.05, 0.1) is 0 Å². The molecule has 2 nitrogen and oxygen atoms in total. The predicted octanol–water partition coefficient (Wildman–Crippen LogP) is 2.08. The number of hydrogen-bond acceptors (Lipinski definition) is 2. The number of unbranched alkanes of at least 4 members (excludes halogenated alkanes) is 1. The molecule has 2 N–H and O–H groups in total. The minimum Gasteiger partial charge on any atom is -0.396 e. The summed E-state index contributed by atoms with van der Waals surface area (Å²) in [6.45, 7) is 2.52. The van der Waals surface area contributed by atoms with Crippen molar-refractivity contribution in [3.8, 4) is 0 Å². The molecule has 0 saturated carbocycles. The molecule has 1 aliphatic rings. The van der Waals surface area contributed by atoms with Crippen LogP contribution in [0, 0.1) is 0 Å². The van der Waals surface area contributed by atoms with Crippen LogP contribution in [0.1, 0.15) is 31.2 Å². The van der Waals surface area contributed by atoms with Gasteiger partial charge in [-0.15, -0.1) is 0 Å². The maximum Gasteiger partial charge on any atom is 0.0431 e. The third-order valence-electron chi connectivity index (χ3n) is 3.69. The molecule has 1 aromatic carbocycles. The highest BCUT2D eigenvalue weighted by molar-refractivity contribution is 5.27. The van der Waals surface area contributed by atoms with Crippen molar-refractivity contribution in [1.29, 1.82) is 0 Å². The second-order valence-electron chi connectivity index (χ2n) is 4.75. The second kappa shape index (κ2) is 5.46. The Bertz CT molecular complexity index is 304. The molecule has 0 radical (unpaired) electrons. The third-order valence-corrected chi connectivity index (χ3v) is 3.69. The molecule has 1 unspecified atom stereocenters. The molecule has 0 aromatic heterocycles. The summed E-state index contributed by atoms with van der Waals surface area (Å²) in [5, 5.41) is 12.4. The van der Waals surface area contributed by atoms with Crippen molar-refractivity contribution >= 4 is 0 Å². The Hall–Kier alpha value is -0.860. The summed E-state index contributed by atoms with van der Waals surface area (Å²) in [5.41, 5.74) is 1.77. The van der Waals surface area contributed by atoms with Crippen LogP contribution in [0.4, 0.5) is 0 Å². The van der Waals surface area contributed by atoms with E-state index in [2.05, 4.69) is 35.6 Å². The van der Waals surface area contributed by atoms with E-state index < -0.39 is 0 Å². The van der Waals surface area contributed by atoms with Crippen LogP contribution in [0.2, 0.25) is 0 Å². The van der Waals surface area contributed by atoms with Gasteiger partial charge in [-0.3, -0.25) is 0 Å². The largest absolute Gasteiger partial charge is 0.396 e. The molecule has 1 atom stereocenters. The molecule has 1 saturated heterocycles. The van der Waals surface area contributed by atoms with Gasteiger partial charge < -0.3 is 10.4 Å². The molecule has 0 spiro atoms. The number of benzene rings is 1. The second-order valence-corrected chi connectivity index (χ2v) is 4.75. The molecule has 0 amide bonds. The number of nitrogens with one attached hydrogen (secondary N) is 1. The Balaban J connectivity index is 2.09. The van der Waals surface area contributed by atoms with Crippen LogP contribution >= 0.6 is 0 Å². The molecule has 16 heavy (non-hydrogen) atoms. The summed E-state index contributed by atoms with van der Waals surface area (Å²) < 4.78 is 0. The summed E-state index contributed by atoms with van der Waals surface area (Å²) in [6, 6.07) is 10.8. The zero-order valence-corrected chi connectivity index (χ0v) is 9.78. The van der Waals surface area contributed by atoms with Gasteiger partial charge in [0, 0.05) is 18.6 Å². The van der Waals surface area contributed by atoms with Crippen LogP contribution < -0.4 is 5.32 Å². The number of aliphatic hydroxyl groups excluding tert-OH is 1. The Kier molecular flexibility index (Phi) is 3.97. The van der Waals surface area contributed by atoms with Crippen molar-refractivity contribution in [3.05, 3.63) is 35.9 Å². The van der Waals surface area contributed by atoms with E-state index in [1.165, 1.54) is 18.4 Å². The fourth-order valence-electron chi connectivity index (χ4n) is 2.71. The summed E-state index contributed by atoms with van der Waals surface area (Å²) in [4.78, 5) is 0. The quantitative estimate of drug-likeness (QED) is 0.743. The van der Waals surface area contributed by atoms with Gasteiger partial charge in [-0.1, -0.05) is 36.8 Å². The molecule has 88 valence electrons. The highest BCUT2D eigenvalue weighted by atomic mass is 16.2. The van der Waals surface area contributed by atoms with Gasteiger partial charge in [0.25, 0.3) is 0 Å². The summed E-state index contributed by atoms with van der Waals surface area (Å²) >= 11 is 0. The fraction of sp³-hybridized carbons (Fsp3) is 0.571. The van der Waals surface area contributed by atoms with Gasteiger partial charge in [-0.25, -0.2) is 0 Å². The number of aliphatic hydroxyl groups is 1. The maximum absolute atomic E-state index is 8.88. The van der Waals surface area contributed by atoms with E-state index in [-0.39, 0.29) is 0 Å². The van der Waals surface area contributed by atoms with E-state index in [4.69, 9.17) is 5.11 Å². The predicted molar refractivity (Wildman–Crippen MR) is 66.5 cm³/mol. The van der Waals surface area contributed by atoms with Crippen LogP contribution in [0.25, 0.3) is 0 Å². The molecular weight excluding hydrogens is 198 g/mol. The van der Waals surface area contributed by atoms with Crippen LogP contribution in [0.5, 0.6) is 0 Å². The van der Waals surface area contributed by atoms with E-state index in [1.807, 2.05) is 0 Å². The first kappa shape index (κ1) is 11.6. The van der Waals surface area contributed by atoms with Gasteiger partial charge in [-0.2, -0.15) is 0 Å². The Morgan fingerprint density at radius 3 is 2.62 bits per heavy atom. The summed E-state index contributed by atoms with van der Waals surface area (Å²) in [7, 11) is 0. The summed E-state index contributed by atoms with van der Waals surface area (Å²) in [5.74, 6) is 0. The molecule has 1 fully saturated rings. The topological polar surface area (TPSA) is 32.3 Å². The van der Waals surface area contributed by atoms with Crippen molar-refractivity contribution in [2.45, 2.75) is 31.1 Å². The van der Waals surface area contributed by atoms with Gasteiger partial charge in [-0.05, 0) is 31.4 Å². The average Bonchev–Trinajstić information content (AvgIpc) is 2.81. The normalized spacial score (nSPS) is 24.8. The molecule has 2 rings (SSSR count). The Labute approximate surface area is 97.7 Å². The third kappa shape index (κ3) is 2.45. The molecular formula is C14H21NO. The first-order valence-electron chi connectivity index (χ1n) is 6.24. The minimum absolute atomic E-state index is 0.316. The van der Waals surface area contributed by atoms with Gasteiger partial charge >= 0.3 is 0 Å². The number of rotatable bonds is 5. The molecule has 1 aromatic rings. The SMILES string of the molecule is OCCCCC1(c2ccccc2)CCNC1. The highest BCUT2D eigenvalue weighted by Crippen LogP contribution is 2.35. The monoisotopic (exact) mass is 219 g/mol. The van der Waals surface area contributed by atoms with Gasteiger partial charge in [0.2, 0.25) is 0 Å². The smallest absolute Gasteiger partial charge is 0.0431 e. The van der Waals surface area contributed by atoms with Gasteiger partial charge in [0.15, 0.2) is 0 Å². The van der Waals surface area contributed by atoms with Crippen LogP contribution in [0.3, 0.4) is 0 Å². The van der Waals surface area contributed by atoms with E-state index in [0.29, 0.717) is 12.0 Å². The lowest BCUT2D eigenvalue weighted by Gasteiger charge is -2.29. The van der Waals surface area contributed by atoms with Crippen molar-refractivity contribution < 1.29 is 5.11 Å².